The predicted molar refractivity (Wildman–Crippen MR) is 89.0 cm³/mol. The Morgan fingerprint density at radius 2 is 1.73 bits per heavy atom. The number of rotatable bonds is 5. The van der Waals surface area contributed by atoms with Crippen molar-refractivity contribution in [1.82, 2.24) is 0 Å². The number of ketones is 1. The van der Waals surface area contributed by atoms with Gasteiger partial charge < -0.3 is 10.1 Å². The van der Waals surface area contributed by atoms with Gasteiger partial charge in [-0.15, -0.1) is 0 Å². The van der Waals surface area contributed by atoms with E-state index in [2.05, 4.69) is 32.9 Å². The number of hydrogen-bond donors (Lipinski definition) is 1. The third kappa shape index (κ3) is 3.82. The molecular weight excluding hydrogens is 274 g/mol. The van der Waals surface area contributed by atoms with Crippen molar-refractivity contribution in [3.05, 3.63) is 65.2 Å². The summed E-state index contributed by atoms with van der Waals surface area (Å²) in [4.78, 5) is 11.7. The van der Waals surface area contributed by atoms with E-state index in [1.807, 2.05) is 24.3 Å². The molecule has 0 aliphatic carbocycles. The Kier molecular flexibility index (Phi) is 4.76. The molecule has 0 saturated carbocycles. The minimum Gasteiger partial charge on any atom is -0.489 e. The molecule has 1 N–H and O–H groups in total. The summed E-state index contributed by atoms with van der Waals surface area (Å²) in [6.07, 6.45) is 0.830. The normalized spacial score (nSPS) is 11.0. The highest BCUT2D eigenvalue weighted by atomic mass is 16.5. The van der Waals surface area contributed by atoms with E-state index in [-0.39, 0.29) is 11.2 Å². The number of Topliss-reactive ketones (excluding diaryl/α,β-unsaturated/α-hetero) is 1. The summed E-state index contributed by atoms with van der Waals surface area (Å²) in [5.41, 5.74) is 2.67. The van der Waals surface area contributed by atoms with Gasteiger partial charge in [-0.25, -0.2) is 0 Å². The van der Waals surface area contributed by atoms with Gasteiger partial charge in [0.15, 0.2) is 0 Å². The Balaban J connectivity index is 2.11. The summed E-state index contributed by atoms with van der Waals surface area (Å²) < 4.78 is 5.77. The fraction of sp³-hybridized carbons (Fsp3) is 0.263. The maximum atomic E-state index is 11.7. The van der Waals surface area contributed by atoms with Gasteiger partial charge in [-0.3, -0.25) is 4.79 Å². The zero-order valence-corrected chi connectivity index (χ0v) is 13.2. The van der Waals surface area contributed by atoms with Gasteiger partial charge in [-0.1, -0.05) is 57.2 Å². The fourth-order valence-electron chi connectivity index (χ4n) is 2.18. The van der Waals surface area contributed by atoms with Crippen LogP contribution in [0.15, 0.2) is 48.5 Å². The first-order valence-electron chi connectivity index (χ1n) is 7.28. The van der Waals surface area contributed by atoms with E-state index in [1.54, 1.807) is 12.1 Å². The monoisotopic (exact) mass is 295 g/mol. The minimum atomic E-state index is -0.303. The van der Waals surface area contributed by atoms with E-state index in [0.29, 0.717) is 12.2 Å². The SMILES string of the molecule is CC(C)(C)c1ccc(OCc2ccccc2C(=O)C=N)cc1. The number of nitrogens with one attached hydrogen (secondary N) is 1. The molecule has 0 fully saturated rings. The van der Waals surface area contributed by atoms with Crippen LogP contribution in [0, 0.1) is 5.41 Å². The summed E-state index contributed by atoms with van der Waals surface area (Å²) in [5.74, 6) is 0.465. The van der Waals surface area contributed by atoms with Crippen LogP contribution in [-0.2, 0) is 12.0 Å². The summed E-state index contributed by atoms with van der Waals surface area (Å²) >= 11 is 0. The average molecular weight is 295 g/mol. The van der Waals surface area contributed by atoms with Crippen LogP contribution in [0.2, 0.25) is 0 Å². The van der Waals surface area contributed by atoms with Crippen LogP contribution in [0.4, 0.5) is 0 Å². The predicted octanol–water partition coefficient (Wildman–Crippen LogP) is 4.40. The molecule has 0 unspecified atom stereocenters. The molecule has 0 aliphatic rings. The molecule has 0 spiro atoms. The van der Waals surface area contributed by atoms with Crippen LogP contribution < -0.4 is 4.74 Å². The van der Waals surface area contributed by atoms with E-state index in [4.69, 9.17) is 10.1 Å². The zero-order chi connectivity index (χ0) is 16.2. The van der Waals surface area contributed by atoms with E-state index >= 15 is 0 Å². The van der Waals surface area contributed by atoms with Crippen LogP contribution in [0.25, 0.3) is 0 Å². The fourth-order valence-corrected chi connectivity index (χ4v) is 2.18. The standard InChI is InChI=1S/C19H21NO2/c1-19(2,3)15-8-10-16(11-9-15)22-13-14-6-4-5-7-17(14)18(21)12-20/h4-12,20H,13H2,1-3H3. The van der Waals surface area contributed by atoms with Gasteiger partial charge in [0.2, 0.25) is 5.78 Å². The first kappa shape index (κ1) is 16.0. The highest BCUT2D eigenvalue weighted by molar-refractivity contribution is 6.34. The quantitative estimate of drug-likeness (QED) is 0.656. The van der Waals surface area contributed by atoms with Crippen molar-refractivity contribution in [2.45, 2.75) is 32.8 Å². The number of hydrogen-bond acceptors (Lipinski definition) is 3. The molecule has 2 aromatic rings. The third-order valence-electron chi connectivity index (χ3n) is 3.53. The van der Waals surface area contributed by atoms with Gasteiger partial charge in [-0.2, -0.15) is 0 Å². The number of carbonyl (C=O) groups is 1. The van der Waals surface area contributed by atoms with Crippen molar-refractivity contribution < 1.29 is 9.53 Å². The van der Waals surface area contributed by atoms with Gasteiger partial charge >= 0.3 is 0 Å². The van der Waals surface area contributed by atoms with E-state index < -0.39 is 0 Å². The lowest BCUT2D eigenvalue weighted by atomic mass is 9.87. The topological polar surface area (TPSA) is 50.2 Å². The molecular formula is C19H21NO2. The largest absolute Gasteiger partial charge is 0.489 e. The molecule has 2 rings (SSSR count). The van der Waals surface area contributed by atoms with Crippen molar-refractivity contribution in [1.29, 1.82) is 5.41 Å². The third-order valence-corrected chi connectivity index (χ3v) is 3.53. The Morgan fingerprint density at radius 3 is 2.32 bits per heavy atom. The summed E-state index contributed by atoms with van der Waals surface area (Å²) in [7, 11) is 0. The van der Waals surface area contributed by atoms with Gasteiger partial charge in [-0.05, 0) is 23.1 Å². The van der Waals surface area contributed by atoms with E-state index in [0.717, 1.165) is 17.5 Å². The molecule has 3 heteroatoms. The highest BCUT2D eigenvalue weighted by Gasteiger charge is 2.13. The van der Waals surface area contributed by atoms with Crippen molar-refractivity contribution in [3.8, 4) is 5.75 Å². The van der Waals surface area contributed by atoms with Crippen molar-refractivity contribution in [2.24, 2.45) is 0 Å². The maximum Gasteiger partial charge on any atom is 0.203 e. The molecule has 0 aliphatic heterocycles. The summed E-state index contributed by atoms with van der Waals surface area (Å²) in [6.45, 7) is 6.82. The van der Waals surface area contributed by atoms with E-state index in [1.165, 1.54) is 5.56 Å². The lowest BCUT2D eigenvalue weighted by Crippen LogP contribution is -2.10. The van der Waals surface area contributed by atoms with E-state index in [9.17, 15) is 4.79 Å². The zero-order valence-electron chi connectivity index (χ0n) is 13.2. The lowest BCUT2D eigenvalue weighted by Gasteiger charge is -2.19. The van der Waals surface area contributed by atoms with Crippen LogP contribution >= 0.6 is 0 Å². The molecule has 3 nitrogen and oxygen atoms in total. The van der Waals surface area contributed by atoms with Crippen LogP contribution in [-0.4, -0.2) is 12.0 Å². The summed E-state index contributed by atoms with van der Waals surface area (Å²) in [5, 5.41) is 7.11. The molecule has 0 radical (unpaired) electrons. The average Bonchev–Trinajstić information content (AvgIpc) is 2.52. The Hall–Kier alpha value is -2.42. The molecule has 22 heavy (non-hydrogen) atoms. The van der Waals surface area contributed by atoms with Crippen molar-refractivity contribution in [3.63, 3.8) is 0 Å². The molecule has 0 heterocycles. The summed E-state index contributed by atoms with van der Waals surface area (Å²) in [6, 6.07) is 15.2. The smallest absolute Gasteiger partial charge is 0.203 e. The van der Waals surface area contributed by atoms with Gasteiger partial charge in [0.1, 0.15) is 12.4 Å². The first-order valence-corrected chi connectivity index (χ1v) is 7.28. The van der Waals surface area contributed by atoms with Crippen LogP contribution in [0.3, 0.4) is 0 Å². The molecule has 0 saturated heterocycles. The molecule has 0 bridgehead atoms. The molecule has 0 amide bonds. The molecule has 2 aromatic carbocycles. The van der Waals surface area contributed by atoms with Gasteiger partial charge in [0.05, 0.1) is 6.21 Å². The Morgan fingerprint density at radius 1 is 1.09 bits per heavy atom. The Bertz CT molecular complexity index is 667. The highest BCUT2D eigenvalue weighted by Crippen LogP contribution is 2.24. The molecule has 0 aromatic heterocycles. The van der Waals surface area contributed by atoms with Gasteiger partial charge in [0.25, 0.3) is 0 Å². The second-order valence-electron chi connectivity index (χ2n) is 6.23. The molecule has 114 valence electrons. The van der Waals surface area contributed by atoms with Crippen molar-refractivity contribution in [2.75, 3.05) is 0 Å². The first-order chi connectivity index (χ1) is 10.4. The maximum absolute atomic E-state index is 11.7. The Labute approximate surface area is 131 Å². The van der Waals surface area contributed by atoms with Crippen LogP contribution in [0.5, 0.6) is 5.75 Å². The second-order valence-corrected chi connectivity index (χ2v) is 6.23. The van der Waals surface area contributed by atoms with Gasteiger partial charge in [0, 0.05) is 11.1 Å². The van der Waals surface area contributed by atoms with Crippen LogP contribution in [0.1, 0.15) is 42.3 Å². The number of ether oxygens (including phenoxy) is 1. The number of benzene rings is 2. The lowest BCUT2D eigenvalue weighted by molar-refractivity contribution is 0.106. The number of carbonyl (C=O) groups excluding carboxylic acids is 1. The minimum absolute atomic E-state index is 0.113. The molecule has 0 atom stereocenters. The second kappa shape index (κ2) is 6.56. The van der Waals surface area contributed by atoms with Crippen molar-refractivity contribution >= 4 is 12.0 Å².